The molecule has 146 valence electrons. The summed E-state index contributed by atoms with van der Waals surface area (Å²) in [5.74, 6) is 0.223. The Morgan fingerprint density at radius 1 is 1.03 bits per heavy atom. The minimum atomic E-state index is -0.327. The summed E-state index contributed by atoms with van der Waals surface area (Å²) in [6, 6.07) is 20.8. The Balaban J connectivity index is 1.42. The number of aromatic nitrogens is 3. The van der Waals surface area contributed by atoms with Crippen molar-refractivity contribution in [1.82, 2.24) is 15.1 Å². The third-order valence-electron chi connectivity index (χ3n) is 4.78. The van der Waals surface area contributed by atoms with E-state index < -0.39 is 0 Å². The van der Waals surface area contributed by atoms with Crippen LogP contribution in [0.3, 0.4) is 0 Å². The van der Waals surface area contributed by atoms with Gasteiger partial charge in [-0.05, 0) is 30.7 Å². The second-order valence-electron chi connectivity index (χ2n) is 6.72. The number of hydrogen-bond acceptors (Lipinski definition) is 6. The number of hydrogen-bond donors (Lipinski definition) is 1. The van der Waals surface area contributed by atoms with Crippen molar-refractivity contribution in [3.8, 4) is 21.9 Å². The Kier molecular flexibility index (Phi) is 4.57. The van der Waals surface area contributed by atoms with E-state index in [1.165, 1.54) is 11.3 Å². The number of carbonyl (C=O) groups is 1. The molecule has 2 aromatic carbocycles. The van der Waals surface area contributed by atoms with E-state index in [0.29, 0.717) is 11.4 Å². The smallest absolute Gasteiger partial charge is 0.277 e. The fraction of sp³-hybridized carbons (Fsp3) is 0.0435. The van der Waals surface area contributed by atoms with Gasteiger partial charge < -0.3 is 9.84 Å². The molecular formula is C23H16N4O2S. The maximum Gasteiger partial charge on any atom is 0.277 e. The standard InChI is InChI=1S/C23H16N4O2S/c1-14-16(22-26-18-11-6-12-24-23(18)30-22)9-5-10-17(14)25-21(28)19-13-20(29-27-19)15-7-3-2-4-8-15/h2-13H,1H3,(H,25,28). The highest BCUT2D eigenvalue weighted by molar-refractivity contribution is 7.21. The van der Waals surface area contributed by atoms with E-state index >= 15 is 0 Å². The predicted octanol–water partition coefficient (Wildman–Crippen LogP) is 5.57. The molecule has 0 aliphatic carbocycles. The van der Waals surface area contributed by atoms with Crippen LogP contribution in [0.1, 0.15) is 16.1 Å². The van der Waals surface area contributed by atoms with Gasteiger partial charge in [-0.1, -0.05) is 59.0 Å². The number of fused-ring (bicyclic) bond motifs is 1. The molecule has 1 amide bonds. The summed E-state index contributed by atoms with van der Waals surface area (Å²) in [6.07, 6.45) is 1.76. The van der Waals surface area contributed by atoms with E-state index in [1.54, 1.807) is 12.3 Å². The number of carbonyl (C=O) groups excluding carboxylic acids is 1. The summed E-state index contributed by atoms with van der Waals surface area (Å²) in [5, 5.41) is 7.72. The Morgan fingerprint density at radius 2 is 1.90 bits per heavy atom. The number of anilines is 1. The van der Waals surface area contributed by atoms with Crippen molar-refractivity contribution in [3.63, 3.8) is 0 Å². The Morgan fingerprint density at radius 3 is 2.73 bits per heavy atom. The van der Waals surface area contributed by atoms with Crippen LogP contribution in [0, 0.1) is 6.92 Å². The highest BCUT2D eigenvalue weighted by Crippen LogP contribution is 2.33. The second-order valence-corrected chi connectivity index (χ2v) is 7.70. The van der Waals surface area contributed by atoms with Gasteiger partial charge in [0.1, 0.15) is 15.4 Å². The lowest BCUT2D eigenvalue weighted by Crippen LogP contribution is -2.13. The van der Waals surface area contributed by atoms with Crippen LogP contribution >= 0.6 is 11.3 Å². The van der Waals surface area contributed by atoms with Gasteiger partial charge in [-0.25, -0.2) is 9.97 Å². The number of rotatable bonds is 4. The summed E-state index contributed by atoms with van der Waals surface area (Å²) in [5.41, 5.74) is 4.54. The molecule has 0 saturated carbocycles. The Bertz CT molecular complexity index is 1330. The van der Waals surface area contributed by atoms with Crippen LogP contribution in [0.15, 0.2) is 77.4 Å². The highest BCUT2D eigenvalue weighted by atomic mass is 32.1. The summed E-state index contributed by atoms with van der Waals surface area (Å²) < 4.78 is 5.34. The zero-order valence-corrected chi connectivity index (χ0v) is 16.8. The number of nitrogens with one attached hydrogen (secondary N) is 1. The number of nitrogens with zero attached hydrogens (tertiary/aromatic N) is 3. The molecule has 0 aliphatic heterocycles. The van der Waals surface area contributed by atoms with Crippen molar-refractivity contribution < 1.29 is 9.32 Å². The minimum Gasteiger partial charge on any atom is -0.355 e. The highest BCUT2D eigenvalue weighted by Gasteiger charge is 2.17. The number of pyridine rings is 1. The minimum absolute atomic E-state index is 0.225. The van der Waals surface area contributed by atoms with E-state index in [-0.39, 0.29) is 11.6 Å². The van der Waals surface area contributed by atoms with Crippen molar-refractivity contribution in [1.29, 1.82) is 0 Å². The molecule has 30 heavy (non-hydrogen) atoms. The lowest BCUT2D eigenvalue weighted by molar-refractivity contribution is 0.101. The average Bonchev–Trinajstić information content (AvgIpc) is 3.43. The summed E-state index contributed by atoms with van der Waals surface area (Å²) in [7, 11) is 0. The van der Waals surface area contributed by atoms with Gasteiger partial charge in [0.15, 0.2) is 11.5 Å². The third-order valence-corrected chi connectivity index (χ3v) is 5.79. The SMILES string of the molecule is Cc1c(NC(=O)c2cc(-c3ccccc3)on2)cccc1-c1nc2cccnc2s1. The van der Waals surface area contributed by atoms with Crippen LogP contribution in [0.25, 0.3) is 32.2 Å². The maximum absolute atomic E-state index is 12.7. The molecule has 5 aromatic rings. The van der Waals surface area contributed by atoms with Crippen LogP contribution in [-0.4, -0.2) is 21.0 Å². The number of thiazole rings is 1. The topological polar surface area (TPSA) is 80.9 Å². The largest absolute Gasteiger partial charge is 0.355 e. The first-order valence-electron chi connectivity index (χ1n) is 9.34. The van der Waals surface area contributed by atoms with Crippen LogP contribution in [0.2, 0.25) is 0 Å². The van der Waals surface area contributed by atoms with Crippen molar-refractivity contribution in [2.45, 2.75) is 6.92 Å². The summed E-state index contributed by atoms with van der Waals surface area (Å²) in [6.45, 7) is 1.96. The lowest BCUT2D eigenvalue weighted by atomic mass is 10.1. The molecule has 7 heteroatoms. The molecule has 0 spiro atoms. The fourth-order valence-electron chi connectivity index (χ4n) is 3.19. The van der Waals surface area contributed by atoms with Gasteiger partial charge >= 0.3 is 0 Å². The fourth-order valence-corrected chi connectivity index (χ4v) is 4.18. The van der Waals surface area contributed by atoms with Crippen LogP contribution in [0.4, 0.5) is 5.69 Å². The molecule has 0 unspecified atom stereocenters. The van der Waals surface area contributed by atoms with Gasteiger partial charge in [0.05, 0.1) is 0 Å². The molecule has 3 heterocycles. The van der Waals surface area contributed by atoms with Gasteiger partial charge in [-0.15, -0.1) is 0 Å². The van der Waals surface area contributed by atoms with Crippen molar-refractivity contribution >= 4 is 33.3 Å². The van der Waals surface area contributed by atoms with Gasteiger partial charge in [0.2, 0.25) is 0 Å². The van der Waals surface area contributed by atoms with Crippen molar-refractivity contribution in [3.05, 3.63) is 84.2 Å². The van der Waals surface area contributed by atoms with Gasteiger partial charge in [-0.2, -0.15) is 0 Å². The molecule has 1 N–H and O–H groups in total. The van der Waals surface area contributed by atoms with E-state index in [9.17, 15) is 4.79 Å². The molecule has 5 rings (SSSR count). The quantitative estimate of drug-likeness (QED) is 0.417. The van der Waals surface area contributed by atoms with Crippen LogP contribution < -0.4 is 5.32 Å². The third kappa shape index (κ3) is 3.35. The monoisotopic (exact) mass is 412 g/mol. The summed E-state index contributed by atoms with van der Waals surface area (Å²) in [4.78, 5) is 22.7. The number of benzene rings is 2. The van der Waals surface area contributed by atoms with E-state index in [2.05, 4.69) is 20.4 Å². The first-order chi connectivity index (χ1) is 14.7. The van der Waals surface area contributed by atoms with E-state index in [0.717, 1.165) is 32.0 Å². The normalized spacial score (nSPS) is 11.0. The molecule has 0 fully saturated rings. The summed E-state index contributed by atoms with van der Waals surface area (Å²) >= 11 is 1.53. The van der Waals surface area contributed by atoms with Crippen molar-refractivity contribution in [2.24, 2.45) is 0 Å². The molecule has 0 aliphatic rings. The Labute approximate surface area is 176 Å². The molecule has 0 radical (unpaired) electrons. The molecule has 0 atom stereocenters. The number of amides is 1. The zero-order chi connectivity index (χ0) is 20.5. The van der Waals surface area contributed by atoms with Gasteiger partial charge in [0, 0.05) is 29.1 Å². The van der Waals surface area contributed by atoms with Crippen LogP contribution in [-0.2, 0) is 0 Å². The first-order valence-corrected chi connectivity index (χ1v) is 10.2. The van der Waals surface area contributed by atoms with Crippen molar-refractivity contribution in [2.75, 3.05) is 5.32 Å². The van der Waals surface area contributed by atoms with Gasteiger partial charge in [0.25, 0.3) is 5.91 Å². The average molecular weight is 412 g/mol. The van der Waals surface area contributed by atoms with Crippen LogP contribution in [0.5, 0.6) is 0 Å². The zero-order valence-electron chi connectivity index (χ0n) is 16.0. The Hall–Kier alpha value is -3.84. The molecule has 0 saturated heterocycles. The molecule has 3 aromatic heterocycles. The first kappa shape index (κ1) is 18.2. The van der Waals surface area contributed by atoms with E-state index in [4.69, 9.17) is 4.52 Å². The molecule has 0 bridgehead atoms. The van der Waals surface area contributed by atoms with E-state index in [1.807, 2.05) is 67.6 Å². The second kappa shape index (κ2) is 7.53. The molecular weight excluding hydrogens is 396 g/mol. The predicted molar refractivity (Wildman–Crippen MR) is 117 cm³/mol. The maximum atomic E-state index is 12.7. The molecule has 6 nitrogen and oxygen atoms in total. The van der Waals surface area contributed by atoms with Gasteiger partial charge in [-0.3, -0.25) is 4.79 Å². The lowest BCUT2D eigenvalue weighted by Gasteiger charge is -2.10.